The minimum absolute atomic E-state index is 0.0307. The van der Waals surface area contributed by atoms with Gasteiger partial charge in [0.1, 0.15) is 0 Å². The van der Waals surface area contributed by atoms with E-state index in [4.69, 9.17) is 4.98 Å². The molecule has 0 spiro atoms. The summed E-state index contributed by atoms with van der Waals surface area (Å²) in [5, 5.41) is 5.31. The Balaban J connectivity index is 1.49. The summed E-state index contributed by atoms with van der Waals surface area (Å²) >= 11 is 0. The van der Waals surface area contributed by atoms with Crippen molar-refractivity contribution < 1.29 is 9.59 Å². The number of carbonyl (C=O) groups excluding carboxylic acids is 2. The summed E-state index contributed by atoms with van der Waals surface area (Å²) in [6, 6.07) is 2.11. The summed E-state index contributed by atoms with van der Waals surface area (Å²) in [5.74, 6) is 0.471. The smallest absolute Gasteiger partial charge is 0.254 e. The summed E-state index contributed by atoms with van der Waals surface area (Å²) < 4.78 is 1.89. The van der Waals surface area contributed by atoms with Gasteiger partial charge in [-0.25, -0.2) is 9.67 Å². The molecular weight excluding hydrogens is 392 g/mol. The number of aromatic nitrogens is 3. The lowest BCUT2D eigenvalue weighted by Gasteiger charge is -2.35. The van der Waals surface area contributed by atoms with E-state index in [2.05, 4.69) is 37.7 Å². The van der Waals surface area contributed by atoms with Gasteiger partial charge in [-0.1, -0.05) is 13.8 Å². The lowest BCUT2D eigenvalue weighted by Crippen LogP contribution is -2.51. The maximum absolute atomic E-state index is 13.5. The molecule has 0 aromatic carbocycles. The molecular formula is C23H34N6O2. The van der Waals surface area contributed by atoms with Crippen LogP contribution in [0.2, 0.25) is 0 Å². The molecule has 0 atom stereocenters. The Morgan fingerprint density at radius 1 is 0.968 bits per heavy atom. The quantitative estimate of drug-likeness (QED) is 0.734. The molecule has 0 bridgehead atoms. The first-order valence-electron chi connectivity index (χ1n) is 11.5. The number of hydrogen-bond acceptors (Lipinski definition) is 5. The third kappa shape index (κ3) is 4.44. The molecule has 8 heteroatoms. The van der Waals surface area contributed by atoms with Gasteiger partial charge in [-0.15, -0.1) is 0 Å². The first-order chi connectivity index (χ1) is 14.8. The number of piperazine rings is 1. The van der Waals surface area contributed by atoms with Crippen LogP contribution in [0.3, 0.4) is 0 Å². The Morgan fingerprint density at radius 3 is 2.26 bits per heavy atom. The highest BCUT2D eigenvalue weighted by atomic mass is 16.2. The number of likely N-dealkylation sites (tertiary alicyclic amines) is 1. The second kappa shape index (κ2) is 8.94. The summed E-state index contributed by atoms with van der Waals surface area (Å²) in [4.78, 5) is 36.8. The fourth-order valence-electron chi connectivity index (χ4n) is 4.43. The van der Waals surface area contributed by atoms with Crippen molar-refractivity contribution in [3.8, 4) is 0 Å². The maximum Gasteiger partial charge on any atom is 0.254 e. The lowest BCUT2D eigenvalue weighted by molar-refractivity contribution is -0.131. The van der Waals surface area contributed by atoms with Crippen molar-refractivity contribution in [1.29, 1.82) is 0 Å². The molecule has 2 aromatic rings. The molecule has 8 nitrogen and oxygen atoms in total. The van der Waals surface area contributed by atoms with Crippen LogP contribution < -0.4 is 0 Å². The van der Waals surface area contributed by atoms with Gasteiger partial charge >= 0.3 is 0 Å². The standard InChI is InChI=1S/C23H34N6O2/c1-16(2)20-13-18(19-14-24-29(17(3)4)22(19)25-20)23(31)28-11-9-26(10-12-28)15-21(30)27-7-5-6-8-27/h13-14,16-17H,5-12,15H2,1-4H3. The molecule has 0 aliphatic carbocycles. The highest BCUT2D eigenvalue weighted by Crippen LogP contribution is 2.25. The molecule has 31 heavy (non-hydrogen) atoms. The number of fused-ring (bicyclic) bond motifs is 1. The summed E-state index contributed by atoms with van der Waals surface area (Å²) in [5.41, 5.74) is 2.37. The topological polar surface area (TPSA) is 74.6 Å². The molecule has 2 aliphatic rings. The molecule has 2 fully saturated rings. The number of amides is 2. The fourth-order valence-corrected chi connectivity index (χ4v) is 4.43. The van der Waals surface area contributed by atoms with Gasteiger partial charge < -0.3 is 9.80 Å². The average molecular weight is 427 g/mol. The zero-order chi connectivity index (χ0) is 22.1. The van der Waals surface area contributed by atoms with Gasteiger partial charge in [0, 0.05) is 51.0 Å². The van der Waals surface area contributed by atoms with Crippen LogP contribution in [0, 0.1) is 0 Å². The highest BCUT2D eigenvalue weighted by Gasteiger charge is 2.28. The third-order valence-electron chi connectivity index (χ3n) is 6.37. The van der Waals surface area contributed by atoms with E-state index in [1.165, 1.54) is 0 Å². The molecule has 0 saturated carbocycles. The minimum Gasteiger partial charge on any atom is -0.342 e. The molecule has 168 valence electrons. The van der Waals surface area contributed by atoms with E-state index in [-0.39, 0.29) is 23.8 Å². The van der Waals surface area contributed by atoms with Crippen LogP contribution in [0.4, 0.5) is 0 Å². The SMILES string of the molecule is CC(C)c1cc(C(=O)N2CCN(CC(=O)N3CCCC3)CC2)c2cnn(C(C)C)c2n1. The Kier molecular flexibility index (Phi) is 6.27. The predicted molar refractivity (Wildman–Crippen MR) is 120 cm³/mol. The van der Waals surface area contributed by atoms with E-state index in [1.54, 1.807) is 6.20 Å². The van der Waals surface area contributed by atoms with Gasteiger partial charge in [0.05, 0.1) is 23.7 Å². The monoisotopic (exact) mass is 426 g/mol. The van der Waals surface area contributed by atoms with Crippen molar-refractivity contribution in [3.05, 3.63) is 23.5 Å². The van der Waals surface area contributed by atoms with E-state index >= 15 is 0 Å². The molecule has 2 amide bonds. The third-order valence-corrected chi connectivity index (χ3v) is 6.37. The molecule has 0 radical (unpaired) electrons. The zero-order valence-corrected chi connectivity index (χ0v) is 19.2. The number of carbonyl (C=O) groups is 2. The van der Waals surface area contributed by atoms with Crippen LogP contribution in [0.5, 0.6) is 0 Å². The molecule has 2 aliphatic heterocycles. The van der Waals surface area contributed by atoms with E-state index < -0.39 is 0 Å². The molecule has 0 unspecified atom stereocenters. The molecule has 2 saturated heterocycles. The molecule has 2 aromatic heterocycles. The Bertz CT molecular complexity index is 952. The van der Waals surface area contributed by atoms with Gasteiger partial charge in [-0.05, 0) is 38.7 Å². The van der Waals surface area contributed by atoms with Gasteiger partial charge in [0.2, 0.25) is 5.91 Å². The van der Waals surface area contributed by atoms with Crippen molar-refractivity contribution in [2.75, 3.05) is 45.8 Å². The van der Waals surface area contributed by atoms with Gasteiger partial charge in [0.25, 0.3) is 5.91 Å². The normalized spacial score (nSPS) is 18.0. The molecule has 4 rings (SSSR count). The Labute approximate surface area is 184 Å². The van der Waals surface area contributed by atoms with Crippen LogP contribution >= 0.6 is 0 Å². The zero-order valence-electron chi connectivity index (χ0n) is 19.2. The summed E-state index contributed by atoms with van der Waals surface area (Å²) in [6.45, 7) is 13.3. The highest BCUT2D eigenvalue weighted by molar-refractivity contribution is 6.05. The van der Waals surface area contributed by atoms with Gasteiger partial charge in [-0.2, -0.15) is 5.10 Å². The Hall–Kier alpha value is -2.48. The first-order valence-corrected chi connectivity index (χ1v) is 11.5. The van der Waals surface area contributed by atoms with E-state index in [1.807, 2.05) is 20.5 Å². The number of hydrogen-bond donors (Lipinski definition) is 0. The predicted octanol–water partition coefficient (Wildman–Crippen LogP) is 2.52. The largest absolute Gasteiger partial charge is 0.342 e. The average Bonchev–Trinajstić information content (AvgIpc) is 3.43. The Morgan fingerprint density at radius 2 is 1.65 bits per heavy atom. The second-order valence-corrected chi connectivity index (χ2v) is 9.33. The van der Waals surface area contributed by atoms with E-state index in [0.29, 0.717) is 25.2 Å². The van der Waals surface area contributed by atoms with E-state index in [9.17, 15) is 9.59 Å². The fraction of sp³-hybridized carbons (Fsp3) is 0.652. The van der Waals surface area contributed by atoms with Crippen LogP contribution in [0.15, 0.2) is 12.3 Å². The first kappa shape index (κ1) is 21.7. The number of pyridine rings is 1. The number of rotatable bonds is 5. The molecule has 0 N–H and O–H groups in total. The van der Waals surface area contributed by atoms with Crippen molar-refractivity contribution in [3.63, 3.8) is 0 Å². The van der Waals surface area contributed by atoms with Gasteiger partial charge in [-0.3, -0.25) is 14.5 Å². The van der Waals surface area contributed by atoms with Crippen LogP contribution in [-0.4, -0.2) is 87.1 Å². The lowest BCUT2D eigenvalue weighted by atomic mass is 10.0. The second-order valence-electron chi connectivity index (χ2n) is 9.33. The van der Waals surface area contributed by atoms with E-state index in [0.717, 1.165) is 55.7 Å². The van der Waals surface area contributed by atoms with Crippen molar-refractivity contribution >= 4 is 22.8 Å². The maximum atomic E-state index is 13.5. The van der Waals surface area contributed by atoms with Gasteiger partial charge in [0.15, 0.2) is 5.65 Å². The summed E-state index contributed by atoms with van der Waals surface area (Å²) in [6.07, 6.45) is 3.99. The minimum atomic E-state index is 0.0307. The van der Waals surface area contributed by atoms with Crippen LogP contribution in [0.25, 0.3) is 11.0 Å². The van der Waals surface area contributed by atoms with Crippen molar-refractivity contribution in [1.82, 2.24) is 29.5 Å². The van der Waals surface area contributed by atoms with Crippen molar-refractivity contribution in [2.45, 2.75) is 52.5 Å². The van der Waals surface area contributed by atoms with Crippen molar-refractivity contribution in [2.24, 2.45) is 0 Å². The number of nitrogens with zero attached hydrogens (tertiary/aromatic N) is 6. The van der Waals surface area contributed by atoms with Crippen LogP contribution in [-0.2, 0) is 4.79 Å². The summed E-state index contributed by atoms with van der Waals surface area (Å²) in [7, 11) is 0. The molecule has 4 heterocycles. The van der Waals surface area contributed by atoms with Crippen LogP contribution in [0.1, 0.15) is 68.5 Å².